The number of hydrogen-bond donors (Lipinski definition) is 1. The number of carboxylic acid groups (broad SMARTS) is 1. The third-order valence-corrected chi connectivity index (χ3v) is 6.53. The summed E-state index contributed by atoms with van der Waals surface area (Å²) >= 11 is 6.10. The molecule has 4 heterocycles. The maximum Gasteiger partial charge on any atom is 0.336 e. The highest BCUT2D eigenvalue weighted by atomic mass is 35.5. The van der Waals surface area contributed by atoms with Crippen molar-refractivity contribution in [2.24, 2.45) is 0 Å². The summed E-state index contributed by atoms with van der Waals surface area (Å²) in [6.07, 6.45) is 3.70. The number of piperazine rings is 1. The second-order valence-corrected chi connectivity index (χ2v) is 8.26. The lowest BCUT2D eigenvalue weighted by Crippen LogP contribution is -2.47. The van der Waals surface area contributed by atoms with E-state index >= 15 is 0 Å². The van der Waals surface area contributed by atoms with Gasteiger partial charge < -0.3 is 14.4 Å². The van der Waals surface area contributed by atoms with Gasteiger partial charge in [-0.3, -0.25) is 4.90 Å². The first-order valence-corrected chi connectivity index (χ1v) is 10.7. The Hall–Kier alpha value is -2.41. The van der Waals surface area contributed by atoms with E-state index < -0.39 is 5.97 Å². The Morgan fingerprint density at radius 3 is 2.60 bits per heavy atom. The number of fused-ring (bicyclic) bond motifs is 1. The van der Waals surface area contributed by atoms with Gasteiger partial charge in [-0.1, -0.05) is 18.5 Å². The van der Waals surface area contributed by atoms with Crippen LogP contribution >= 0.6 is 11.6 Å². The molecule has 4 rings (SSSR count). The Balaban J connectivity index is 1.84. The molecule has 3 aromatic rings. The molecule has 30 heavy (non-hydrogen) atoms. The van der Waals surface area contributed by atoms with Gasteiger partial charge in [0.2, 0.25) is 0 Å². The molecule has 1 fully saturated rings. The van der Waals surface area contributed by atoms with Gasteiger partial charge in [0.05, 0.1) is 11.1 Å². The predicted octanol–water partition coefficient (Wildman–Crippen LogP) is 4.36. The summed E-state index contributed by atoms with van der Waals surface area (Å²) in [5.41, 5.74) is 4.93. The molecule has 158 valence electrons. The molecular weight excluding hydrogens is 400 g/mol. The summed E-state index contributed by atoms with van der Waals surface area (Å²) in [6.45, 7) is 11.4. The summed E-state index contributed by atoms with van der Waals surface area (Å²) < 4.78 is 2.14. The Bertz CT molecular complexity index is 1090. The van der Waals surface area contributed by atoms with Crippen LogP contribution in [0.25, 0.3) is 16.6 Å². The fraction of sp³-hybridized carbons (Fsp3) is 0.391. The maximum absolute atomic E-state index is 12.1. The normalized spacial score (nSPS) is 16.8. The number of aromatic nitrogens is 2. The van der Waals surface area contributed by atoms with Crippen molar-refractivity contribution in [2.75, 3.05) is 32.7 Å². The molecule has 0 amide bonds. The second kappa shape index (κ2) is 8.38. The lowest BCUT2D eigenvalue weighted by atomic mass is 9.99. The molecule has 0 radical (unpaired) electrons. The summed E-state index contributed by atoms with van der Waals surface area (Å²) in [4.78, 5) is 21.0. The van der Waals surface area contributed by atoms with E-state index in [9.17, 15) is 9.90 Å². The zero-order chi connectivity index (χ0) is 21.4. The molecule has 3 aromatic heterocycles. The first-order valence-electron chi connectivity index (χ1n) is 10.4. The van der Waals surface area contributed by atoms with E-state index in [-0.39, 0.29) is 6.04 Å². The van der Waals surface area contributed by atoms with Gasteiger partial charge in [-0.2, -0.15) is 0 Å². The third-order valence-electron chi connectivity index (χ3n) is 6.32. The molecule has 1 atom stereocenters. The smallest absolute Gasteiger partial charge is 0.336 e. The molecule has 1 unspecified atom stereocenters. The molecule has 1 aliphatic rings. The molecule has 1 saturated heterocycles. The largest absolute Gasteiger partial charge is 0.478 e. The SMILES string of the molecule is CCN1CCN(C(C)c2c(C)c(C(=O)O)cc3c(-c4ccnc(Cl)c4)ccn23)CC1. The minimum atomic E-state index is -0.904. The van der Waals surface area contributed by atoms with Gasteiger partial charge in [-0.25, -0.2) is 9.78 Å². The minimum Gasteiger partial charge on any atom is -0.478 e. The Morgan fingerprint density at radius 1 is 1.23 bits per heavy atom. The van der Waals surface area contributed by atoms with E-state index in [4.69, 9.17) is 11.6 Å². The third kappa shape index (κ3) is 3.71. The van der Waals surface area contributed by atoms with Crippen LogP contribution < -0.4 is 0 Å². The van der Waals surface area contributed by atoms with Crippen molar-refractivity contribution in [1.82, 2.24) is 19.2 Å². The molecule has 0 saturated carbocycles. The fourth-order valence-corrected chi connectivity index (χ4v) is 4.73. The van der Waals surface area contributed by atoms with Gasteiger partial charge >= 0.3 is 5.97 Å². The first kappa shape index (κ1) is 20.8. The summed E-state index contributed by atoms with van der Waals surface area (Å²) in [6, 6.07) is 7.61. The van der Waals surface area contributed by atoms with Crippen LogP contribution in [0, 0.1) is 6.92 Å². The summed E-state index contributed by atoms with van der Waals surface area (Å²) in [5, 5.41) is 10.3. The number of nitrogens with zero attached hydrogens (tertiary/aromatic N) is 4. The number of aromatic carboxylic acids is 1. The van der Waals surface area contributed by atoms with Crippen molar-refractivity contribution in [3.8, 4) is 11.1 Å². The van der Waals surface area contributed by atoms with E-state index in [0.29, 0.717) is 10.7 Å². The van der Waals surface area contributed by atoms with Crippen LogP contribution in [0.1, 0.15) is 41.5 Å². The van der Waals surface area contributed by atoms with Crippen LogP contribution in [-0.4, -0.2) is 63.0 Å². The topological polar surface area (TPSA) is 61.1 Å². The van der Waals surface area contributed by atoms with Crippen LogP contribution in [0.15, 0.2) is 36.7 Å². The highest BCUT2D eigenvalue weighted by Gasteiger charge is 2.27. The van der Waals surface area contributed by atoms with Gasteiger partial charge in [0.1, 0.15) is 5.15 Å². The lowest BCUT2D eigenvalue weighted by Gasteiger charge is -2.38. The van der Waals surface area contributed by atoms with E-state index in [1.54, 1.807) is 12.3 Å². The Kier molecular flexibility index (Phi) is 5.82. The molecular formula is C23H27ClN4O2. The van der Waals surface area contributed by atoms with E-state index in [0.717, 1.165) is 60.6 Å². The lowest BCUT2D eigenvalue weighted by molar-refractivity contribution is 0.0695. The highest BCUT2D eigenvalue weighted by molar-refractivity contribution is 6.29. The average molecular weight is 427 g/mol. The number of rotatable bonds is 5. The Morgan fingerprint density at radius 2 is 1.97 bits per heavy atom. The van der Waals surface area contributed by atoms with Crippen LogP contribution in [0.2, 0.25) is 5.15 Å². The number of pyridine rings is 2. The van der Waals surface area contributed by atoms with Crippen molar-refractivity contribution in [3.63, 3.8) is 0 Å². The molecule has 6 nitrogen and oxygen atoms in total. The molecule has 1 N–H and O–H groups in total. The average Bonchev–Trinajstić information content (AvgIpc) is 3.16. The van der Waals surface area contributed by atoms with Crippen LogP contribution in [0.5, 0.6) is 0 Å². The molecule has 7 heteroatoms. The van der Waals surface area contributed by atoms with Crippen LogP contribution in [-0.2, 0) is 0 Å². The molecule has 0 bridgehead atoms. The number of likely N-dealkylation sites (N-methyl/N-ethyl adjacent to an activating group) is 1. The first-order chi connectivity index (χ1) is 14.4. The van der Waals surface area contributed by atoms with Crippen LogP contribution in [0.4, 0.5) is 0 Å². The zero-order valence-corrected chi connectivity index (χ0v) is 18.4. The van der Waals surface area contributed by atoms with Gasteiger partial charge in [-0.05, 0) is 55.8 Å². The van der Waals surface area contributed by atoms with Gasteiger partial charge in [-0.15, -0.1) is 0 Å². The molecule has 0 spiro atoms. The number of hydrogen-bond acceptors (Lipinski definition) is 4. The number of carboxylic acids is 1. The fourth-order valence-electron chi connectivity index (χ4n) is 4.56. The van der Waals surface area contributed by atoms with Crippen molar-refractivity contribution in [2.45, 2.75) is 26.8 Å². The predicted molar refractivity (Wildman–Crippen MR) is 119 cm³/mol. The zero-order valence-electron chi connectivity index (χ0n) is 17.6. The van der Waals surface area contributed by atoms with E-state index in [2.05, 4.69) is 33.0 Å². The number of halogens is 1. The standard InChI is InChI=1S/C23H27ClN4O2/c1-4-26-9-11-27(12-10-26)16(3)22-15(2)19(23(29)30)14-20-18(6-8-28(20)22)17-5-7-25-21(24)13-17/h5-8,13-14,16H,4,9-12H2,1-3H3,(H,29,30). The van der Waals surface area contributed by atoms with Crippen molar-refractivity contribution in [1.29, 1.82) is 0 Å². The van der Waals surface area contributed by atoms with E-state index in [1.807, 2.05) is 31.3 Å². The Labute approximate surface area is 181 Å². The number of carbonyl (C=O) groups is 1. The van der Waals surface area contributed by atoms with Gasteiger partial charge in [0.25, 0.3) is 0 Å². The summed E-state index contributed by atoms with van der Waals surface area (Å²) in [5.74, 6) is -0.904. The monoisotopic (exact) mass is 426 g/mol. The quantitative estimate of drug-likeness (QED) is 0.614. The minimum absolute atomic E-state index is 0.104. The molecule has 0 aromatic carbocycles. The van der Waals surface area contributed by atoms with Crippen molar-refractivity contribution < 1.29 is 9.90 Å². The van der Waals surface area contributed by atoms with Crippen molar-refractivity contribution in [3.05, 3.63) is 58.6 Å². The van der Waals surface area contributed by atoms with Crippen molar-refractivity contribution >= 4 is 23.1 Å². The van der Waals surface area contributed by atoms with Gasteiger partial charge in [0, 0.05) is 55.9 Å². The molecule has 1 aliphatic heterocycles. The molecule has 0 aliphatic carbocycles. The van der Waals surface area contributed by atoms with E-state index in [1.165, 1.54) is 0 Å². The maximum atomic E-state index is 12.1. The highest BCUT2D eigenvalue weighted by Crippen LogP contribution is 2.34. The summed E-state index contributed by atoms with van der Waals surface area (Å²) in [7, 11) is 0. The van der Waals surface area contributed by atoms with Crippen LogP contribution in [0.3, 0.4) is 0 Å². The van der Waals surface area contributed by atoms with Gasteiger partial charge in [0.15, 0.2) is 0 Å². The second-order valence-electron chi connectivity index (χ2n) is 7.87.